The van der Waals surface area contributed by atoms with Gasteiger partial charge in [0.2, 0.25) is 5.91 Å². The highest BCUT2D eigenvalue weighted by molar-refractivity contribution is 8.00. The quantitative estimate of drug-likeness (QED) is 0.528. The number of anilines is 3. The van der Waals surface area contributed by atoms with Gasteiger partial charge >= 0.3 is 0 Å². The Labute approximate surface area is 199 Å². The molecule has 0 unspecified atom stereocenters. The van der Waals surface area contributed by atoms with Gasteiger partial charge in [-0.05, 0) is 55.3 Å². The van der Waals surface area contributed by atoms with Crippen LogP contribution in [0, 0.1) is 13.8 Å². The maximum absolute atomic E-state index is 12.6. The van der Waals surface area contributed by atoms with Gasteiger partial charge in [-0.2, -0.15) is 0 Å². The number of thioether (sulfide) groups is 1. The topological polar surface area (TPSA) is 70.6 Å². The number of piperazine rings is 1. The van der Waals surface area contributed by atoms with Gasteiger partial charge in [0.1, 0.15) is 10.8 Å². The predicted octanol–water partition coefficient (Wildman–Crippen LogP) is 4.16. The molecule has 172 valence electrons. The van der Waals surface area contributed by atoms with Crippen molar-refractivity contribution < 1.29 is 9.53 Å². The van der Waals surface area contributed by atoms with Crippen LogP contribution >= 0.6 is 11.8 Å². The number of ether oxygens (including phenoxy) is 1. The van der Waals surface area contributed by atoms with Gasteiger partial charge in [-0.3, -0.25) is 4.79 Å². The Kier molecular flexibility index (Phi) is 7.34. The van der Waals surface area contributed by atoms with E-state index >= 15 is 0 Å². The molecule has 0 saturated carbocycles. The minimum Gasteiger partial charge on any atom is -0.497 e. The lowest BCUT2D eigenvalue weighted by Crippen LogP contribution is -2.47. The number of benzene rings is 2. The van der Waals surface area contributed by atoms with Crippen molar-refractivity contribution in [3.63, 3.8) is 0 Å². The van der Waals surface area contributed by atoms with E-state index in [0.717, 1.165) is 59.6 Å². The predicted molar refractivity (Wildman–Crippen MR) is 135 cm³/mol. The number of nitrogens with zero attached hydrogens (tertiary/aromatic N) is 4. The van der Waals surface area contributed by atoms with Crippen LogP contribution in [-0.2, 0) is 4.79 Å². The Balaban J connectivity index is 1.35. The number of carbonyl (C=O) groups is 1. The van der Waals surface area contributed by atoms with Gasteiger partial charge in [0, 0.05) is 49.9 Å². The fourth-order valence-electron chi connectivity index (χ4n) is 3.80. The molecular formula is C25H29N5O2S. The molecule has 1 aliphatic rings. The molecule has 8 heteroatoms. The van der Waals surface area contributed by atoms with Crippen LogP contribution in [0.1, 0.15) is 11.1 Å². The molecule has 1 amide bonds. The highest BCUT2D eigenvalue weighted by atomic mass is 32.2. The maximum atomic E-state index is 12.6. The highest BCUT2D eigenvalue weighted by Gasteiger charge is 2.22. The van der Waals surface area contributed by atoms with Gasteiger partial charge in [-0.25, -0.2) is 9.97 Å². The van der Waals surface area contributed by atoms with Crippen molar-refractivity contribution in [1.82, 2.24) is 9.97 Å². The summed E-state index contributed by atoms with van der Waals surface area (Å²) in [6.07, 6.45) is 3.40. The molecule has 0 radical (unpaired) electrons. The summed E-state index contributed by atoms with van der Waals surface area (Å²) in [5, 5.41) is 3.80. The van der Waals surface area contributed by atoms with Gasteiger partial charge in [0.05, 0.1) is 12.9 Å². The van der Waals surface area contributed by atoms with E-state index in [0.29, 0.717) is 0 Å². The third kappa shape index (κ3) is 5.76. The van der Waals surface area contributed by atoms with Crippen LogP contribution in [0.15, 0.2) is 59.9 Å². The summed E-state index contributed by atoms with van der Waals surface area (Å²) < 4.78 is 5.26. The molecule has 2 heterocycles. The van der Waals surface area contributed by atoms with Crippen molar-refractivity contribution in [3.05, 3.63) is 66.0 Å². The van der Waals surface area contributed by atoms with E-state index in [1.54, 1.807) is 19.5 Å². The molecule has 0 aliphatic carbocycles. The summed E-state index contributed by atoms with van der Waals surface area (Å²) in [7, 11) is 1.68. The fraction of sp³-hybridized carbons (Fsp3) is 0.320. The van der Waals surface area contributed by atoms with Crippen LogP contribution in [0.3, 0.4) is 0 Å². The SMILES string of the molecule is COc1ccc(N2CCN(c3nccnc3SCC(=O)Nc3cc(C)ccc3C)CC2)cc1. The molecule has 1 fully saturated rings. The van der Waals surface area contributed by atoms with Crippen molar-refractivity contribution >= 4 is 34.9 Å². The van der Waals surface area contributed by atoms with Crippen LogP contribution in [0.2, 0.25) is 0 Å². The molecule has 4 rings (SSSR count). The van der Waals surface area contributed by atoms with E-state index in [1.165, 1.54) is 17.4 Å². The van der Waals surface area contributed by atoms with Gasteiger partial charge in [0.25, 0.3) is 0 Å². The zero-order valence-electron chi connectivity index (χ0n) is 19.2. The molecule has 7 nitrogen and oxygen atoms in total. The molecular weight excluding hydrogens is 434 g/mol. The first-order valence-corrected chi connectivity index (χ1v) is 12.0. The number of amides is 1. The maximum Gasteiger partial charge on any atom is 0.234 e. The number of methoxy groups -OCH3 is 1. The first-order chi connectivity index (χ1) is 16.0. The second-order valence-corrected chi connectivity index (χ2v) is 8.98. The third-order valence-electron chi connectivity index (χ3n) is 5.67. The Bertz CT molecular complexity index is 1100. The molecule has 0 spiro atoms. The molecule has 1 N–H and O–H groups in total. The molecule has 1 aliphatic heterocycles. The summed E-state index contributed by atoms with van der Waals surface area (Å²) in [6.45, 7) is 7.47. The monoisotopic (exact) mass is 463 g/mol. The Morgan fingerprint density at radius 1 is 1.00 bits per heavy atom. The lowest BCUT2D eigenvalue weighted by molar-refractivity contribution is -0.113. The van der Waals surface area contributed by atoms with E-state index in [9.17, 15) is 4.79 Å². The second-order valence-electron chi connectivity index (χ2n) is 8.01. The standard InChI is InChI=1S/C25H29N5O2S/c1-18-4-5-19(2)22(16-18)28-23(31)17-33-25-24(26-10-11-27-25)30-14-12-29(13-15-30)20-6-8-21(32-3)9-7-20/h4-11,16H,12-15,17H2,1-3H3,(H,28,31). The highest BCUT2D eigenvalue weighted by Crippen LogP contribution is 2.28. The normalized spacial score (nSPS) is 13.7. The lowest BCUT2D eigenvalue weighted by Gasteiger charge is -2.37. The number of hydrogen-bond acceptors (Lipinski definition) is 7. The average molecular weight is 464 g/mol. The van der Waals surface area contributed by atoms with Gasteiger partial charge in [-0.1, -0.05) is 23.9 Å². The molecule has 0 atom stereocenters. The molecule has 2 aromatic carbocycles. The summed E-state index contributed by atoms with van der Waals surface area (Å²) in [4.78, 5) is 26.3. The van der Waals surface area contributed by atoms with Crippen LogP contribution < -0.4 is 19.9 Å². The van der Waals surface area contributed by atoms with Crippen molar-refractivity contribution in [3.8, 4) is 5.75 Å². The Hall–Kier alpha value is -3.26. The number of hydrogen-bond donors (Lipinski definition) is 1. The molecule has 3 aromatic rings. The first-order valence-electron chi connectivity index (χ1n) is 11.0. The Morgan fingerprint density at radius 2 is 1.70 bits per heavy atom. The molecule has 1 aromatic heterocycles. The number of nitrogens with one attached hydrogen (secondary N) is 1. The number of carbonyl (C=O) groups excluding carboxylic acids is 1. The summed E-state index contributed by atoms with van der Waals surface area (Å²) in [6, 6.07) is 14.2. The van der Waals surface area contributed by atoms with Gasteiger partial charge in [0.15, 0.2) is 5.82 Å². The third-order valence-corrected chi connectivity index (χ3v) is 6.64. The second kappa shape index (κ2) is 10.6. The summed E-state index contributed by atoms with van der Waals surface area (Å²) >= 11 is 1.42. The van der Waals surface area contributed by atoms with Crippen LogP contribution in [0.25, 0.3) is 0 Å². The summed E-state index contributed by atoms with van der Waals surface area (Å²) in [5.74, 6) is 1.94. The van der Waals surface area contributed by atoms with Gasteiger partial charge < -0.3 is 19.9 Å². The van der Waals surface area contributed by atoms with Crippen molar-refractivity contribution in [1.29, 1.82) is 0 Å². The Morgan fingerprint density at radius 3 is 2.42 bits per heavy atom. The van der Waals surface area contributed by atoms with E-state index in [2.05, 4.69) is 37.2 Å². The number of rotatable bonds is 7. The lowest BCUT2D eigenvalue weighted by atomic mass is 10.1. The molecule has 33 heavy (non-hydrogen) atoms. The smallest absolute Gasteiger partial charge is 0.234 e. The van der Waals surface area contributed by atoms with Crippen LogP contribution in [0.4, 0.5) is 17.2 Å². The largest absolute Gasteiger partial charge is 0.497 e. The van der Waals surface area contributed by atoms with Crippen LogP contribution in [-0.4, -0.2) is 54.9 Å². The number of aryl methyl sites for hydroxylation is 2. The van der Waals surface area contributed by atoms with E-state index in [4.69, 9.17) is 4.74 Å². The zero-order valence-corrected chi connectivity index (χ0v) is 20.1. The minimum absolute atomic E-state index is 0.0466. The minimum atomic E-state index is -0.0466. The fourth-order valence-corrected chi connectivity index (χ4v) is 4.58. The summed E-state index contributed by atoms with van der Waals surface area (Å²) in [5.41, 5.74) is 4.21. The van der Waals surface area contributed by atoms with Crippen molar-refractivity contribution in [2.24, 2.45) is 0 Å². The van der Waals surface area contributed by atoms with Crippen LogP contribution in [0.5, 0.6) is 5.75 Å². The van der Waals surface area contributed by atoms with Crippen molar-refractivity contribution in [2.45, 2.75) is 18.9 Å². The molecule has 1 saturated heterocycles. The van der Waals surface area contributed by atoms with Crippen molar-refractivity contribution in [2.75, 3.05) is 54.2 Å². The van der Waals surface area contributed by atoms with Gasteiger partial charge in [-0.15, -0.1) is 0 Å². The zero-order chi connectivity index (χ0) is 23.2. The van der Waals surface area contributed by atoms with E-state index in [-0.39, 0.29) is 11.7 Å². The number of aromatic nitrogens is 2. The molecule has 0 bridgehead atoms. The van der Waals surface area contributed by atoms with E-state index < -0.39 is 0 Å². The average Bonchev–Trinajstić information content (AvgIpc) is 2.85. The van der Waals surface area contributed by atoms with E-state index in [1.807, 2.05) is 44.2 Å². The first kappa shape index (κ1) is 22.9.